The summed E-state index contributed by atoms with van der Waals surface area (Å²) in [5, 5.41) is 59.5. The molecule has 0 saturated heterocycles. The molecule has 1 unspecified atom stereocenters. The molecule has 63 heavy (non-hydrogen) atoms. The van der Waals surface area contributed by atoms with Crippen molar-refractivity contribution in [3.05, 3.63) is 177 Å². The summed E-state index contributed by atoms with van der Waals surface area (Å²) in [5.74, 6) is -0.649. The van der Waals surface area contributed by atoms with Gasteiger partial charge in [-0.1, -0.05) is 139 Å². The van der Waals surface area contributed by atoms with Gasteiger partial charge in [0.25, 0.3) is 5.69 Å². The van der Waals surface area contributed by atoms with Crippen molar-refractivity contribution in [1.82, 2.24) is 15.0 Å². The SMILES string of the molecule is CCC(C)O.O=C1C(Cl)=C(Cl)C(=O)c2ccccc21.O=[N+]([O-])c1ccccc1N=Nc1c(O)ccc2ccccc12.Oc1ccc2ccccc2c1-n1nc2ccccc2n1.[Na+].[OH-]. The zero-order valence-electron chi connectivity index (χ0n) is 34.0. The third kappa shape index (κ3) is 11.6. The number of ketones is 2. The number of phenols is 2. The fourth-order valence-corrected chi connectivity index (χ4v) is 6.26. The minimum absolute atomic E-state index is 0. The zero-order chi connectivity index (χ0) is 43.6. The first kappa shape index (κ1) is 49.3. The van der Waals surface area contributed by atoms with E-state index < -0.39 is 16.5 Å². The largest absolute Gasteiger partial charge is 1.00 e. The molecule has 0 amide bonds. The summed E-state index contributed by atoms with van der Waals surface area (Å²) in [6, 6.07) is 42.3. The van der Waals surface area contributed by atoms with Crippen LogP contribution in [0.25, 0.3) is 38.3 Å². The van der Waals surface area contributed by atoms with Gasteiger partial charge in [0, 0.05) is 28.0 Å². The summed E-state index contributed by atoms with van der Waals surface area (Å²) in [7, 11) is 0. The maximum atomic E-state index is 11.5. The van der Waals surface area contributed by atoms with Crippen molar-refractivity contribution in [2.45, 2.75) is 26.4 Å². The summed E-state index contributed by atoms with van der Waals surface area (Å²) in [5.41, 5.74) is 3.14. The first-order valence-corrected chi connectivity index (χ1v) is 19.5. The molecule has 1 aromatic heterocycles. The van der Waals surface area contributed by atoms with Gasteiger partial charge in [0.05, 0.1) is 11.0 Å². The smallest absolute Gasteiger partial charge is 0.870 e. The number of allylic oxidation sites excluding steroid dienone is 2. The third-order valence-corrected chi connectivity index (χ3v) is 10.00. The van der Waals surface area contributed by atoms with Crippen LogP contribution in [0.3, 0.4) is 0 Å². The Morgan fingerprint density at radius 2 is 1.11 bits per heavy atom. The van der Waals surface area contributed by atoms with E-state index in [4.69, 9.17) is 28.3 Å². The predicted molar refractivity (Wildman–Crippen MR) is 239 cm³/mol. The number of halogens is 2. The molecule has 7 aromatic carbocycles. The molecule has 0 radical (unpaired) electrons. The quantitative estimate of drug-likeness (QED) is 0.0646. The van der Waals surface area contributed by atoms with Gasteiger partial charge in [-0.15, -0.1) is 25.2 Å². The number of Topliss-reactive ketones (excluding diaryl/α,β-unsaturated/α-hetero) is 2. The van der Waals surface area contributed by atoms with Gasteiger partial charge < -0.3 is 20.8 Å². The van der Waals surface area contributed by atoms with Crippen LogP contribution in [0.2, 0.25) is 0 Å². The van der Waals surface area contributed by atoms with Crippen LogP contribution >= 0.6 is 23.2 Å². The second-order valence-corrected chi connectivity index (χ2v) is 14.1. The number of phenolic OH excluding ortho intramolecular Hbond substituents is 2. The summed E-state index contributed by atoms with van der Waals surface area (Å²) in [6.45, 7) is 3.73. The second-order valence-electron chi connectivity index (χ2n) is 13.3. The Hall–Kier alpha value is -6.36. The Balaban J connectivity index is 0.000000197. The number of nitro groups is 1. The van der Waals surface area contributed by atoms with Crippen LogP contribution in [-0.4, -0.2) is 58.4 Å². The molecular weight excluding hydrogens is 858 g/mol. The molecule has 9 rings (SSSR count). The van der Waals surface area contributed by atoms with Crippen molar-refractivity contribution < 1.29 is 64.9 Å². The summed E-state index contributed by atoms with van der Waals surface area (Å²) >= 11 is 11.2. The number of fused-ring (bicyclic) bond motifs is 4. The van der Waals surface area contributed by atoms with E-state index in [0.29, 0.717) is 16.8 Å². The van der Waals surface area contributed by atoms with E-state index in [1.165, 1.54) is 23.0 Å². The van der Waals surface area contributed by atoms with E-state index in [9.17, 15) is 29.9 Å². The van der Waals surface area contributed by atoms with Gasteiger partial charge in [0.1, 0.15) is 44.0 Å². The Labute approximate surface area is 392 Å². The Morgan fingerprint density at radius 1 is 0.667 bits per heavy atom. The number of aliphatic hydroxyl groups is 1. The molecule has 0 bridgehead atoms. The number of benzene rings is 7. The van der Waals surface area contributed by atoms with E-state index in [1.54, 1.807) is 55.5 Å². The minimum Gasteiger partial charge on any atom is -0.870 e. The molecule has 14 nitrogen and oxygen atoms in total. The number of aliphatic hydroxyl groups excluding tert-OH is 1. The molecule has 0 spiro atoms. The van der Waals surface area contributed by atoms with Crippen LogP contribution in [0.15, 0.2) is 166 Å². The van der Waals surface area contributed by atoms with Crippen molar-refractivity contribution in [2.24, 2.45) is 10.2 Å². The molecule has 1 aliphatic carbocycles. The number of para-hydroxylation sites is 1. The van der Waals surface area contributed by atoms with E-state index in [0.717, 1.165) is 39.0 Å². The first-order chi connectivity index (χ1) is 29.4. The number of azo groups is 1. The molecule has 0 aliphatic heterocycles. The molecule has 314 valence electrons. The van der Waals surface area contributed by atoms with Crippen LogP contribution < -0.4 is 29.6 Å². The van der Waals surface area contributed by atoms with Gasteiger partial charge in [-0.3, -0.25) is 19.7 Å². The molecule has 0 fully saturated rings. The van der Waals surface area contributed by atoms with Crippen molar-refractivity contribution in [1.29, 1.82) is 0 Å². The number of nitro benzene ring substituents is 1. The predicted octanol–water partition coefficient (Wildman–Crippen LogP) is 8.51. The number of hydrogen-bond donors (Lipinski definition) is 3. The first-order valence-electron chi connectivity index (χ1n) is 18.7. The third-order valence-electron chi connectivity index (χ3n) is 9.18. The van der Waals surface area contributed by atoms with Gasteiger partial charge >= 0.3 is 29.6 Å². The van der Waals surface area contributed by atoms with Gasteiger partial charge in [-0.2, -0.15) is 0 Å². The Bertz CT molecular complexity index is 2920. The van der Waals surface area contributed by atoms with Gasteiger partial charge in [0.15, 0.2) is 5.69 Å². The normalized spacial score (nSPS) is 12.1. The van der Waals surface area contributed by atoms with Gasteiger partial charge in [-0.25, -0.2) is 0 Å². The van der Waals surface area contributed by atoms with Crippen molar-refractivity contribution in [2.75, 3.05) is 0 Å². The zero-order valence-corrected chi connectivity index (χ0v) is 37.5. The molecule has 4 N–H and O–H groups in total. The maximum absolute atomic E-state index is 11.5. The van der Waals surface area contributed by atoms with Crippen LogP contribution in [0.1, 0.15) is 41.0 Å². The summed E-state index contributed by atoms with van der Waals surface area (Å²) in [4.78, 5) is 35.0. The Kier molecular flexibility index (Phi) is 17.7. The monoisotopic (exact) mass is 894 g/mol. The van der Waals surface area contributed by atoms with Crippen molar-refractivity contribution in [3.8, 4) is 17.2 Å². The molecule has 8 aromatic rings. The van der Waals surface area contributed by atoms with E-state index >= 15 is 0 Å². The molecule has 1 aliphatic rings. The number of nitrogens with zero attached hydrogens (tertiary/aromatic N) is 6. The topological polar surface area (TPSA) is 223 Å². The fourth-order valence-electron chi connectivity index (χ4n) is 5.88. The number of rotatable bonds is 5. The fraction of sp³-hybridized carbons (Fsp3) is 0.0870. The average molecular weight is 896 g/mol. The number of aromatic hydroxyl groups is 2. The van der Waals surface area contributed by atoms with Crippen LogP contribution in [0.4, 0.5) is 17.1 Å². The van der Waals surface area contributed by atoms with Crippen LogP contribution in [0.5, 0.6) is 11.5 Å². The van der Waals surface area contributed by atoms with E-state index in [2.05, 4.69) is 20.4 Å². The van der Waals surface area contributed by atoms with E-state index in [1.807, 2.05) is 85.8 Å². The summed E-state index contributed by atoms with van der Waals surface area (Å²) < 4.78 is 0. The average Bonchev–Trinajstić information content (AvgIpc) is 3.72. The maximum Gasteiger partial charge on any atom is 1.00 e. The van der Waals surface area contributed by atoms with E-state index in [-0.39, 0.29) is 79.8 Å². The molecule has 17 heteroatoms. The van der Waals surface area contributed by atoms with Crippen LogP contribution in [-0.2, 0) is 0 Å². The molecule has 1 atom stereocenters. The minimum atomic E-state index is -0.517. The number of aromatic nitrogens is 3. The van der Waals surface area contributed by atoms with Gasteiger partial charge in [-0.05, 0) is 54.4 Å². The van der Waals surface area contributed by atoms with Gasteiger partial charge in [0.2, 0.25) is 11.6 Å². The number of hydrogen-bond acceptors (Lipinski definition) is 12. The van der Waals surface area contributed by atoms with Crippen molar-refractivity contribution >= 4 is 84.4 Å². The van der Waals surface area contributed by atoms with Crippen LogP contribution in [0, 0.1) is 10.1 Å². The standard InChI is InChI=1S/C16H11N3O3.C16H11N3O.C10H4Cl2O2.C4H10O.Na.H2O/c20-15-10-9-11-5-1-2-6-12(11)16(15)18-17-13-7-3-4-8-14(13)19(21)22;20-15-10-9-11-5-1-2-6-12(11)16(15)19-17-13-7-3-4-8-14(13)18-19;11-7-8(12)10(14)6-4-2-1-3-5(6)9(7)13;1-3-4(2)5;;/h1-10,20H;1-10,20H;1-4H;4-5H,3H2,1-2H3;;1H2/q;;;;+1;/p-1. The summed E-state index contributed by atoms with van der Waals surface area (Å²) in [6.07, 6.45) is 0.745. The Morgan fingerprint density at radius 3 is 1.65 bits per heavy atom. The number of carbonyl (C=O) groups excluding carboxylic acids is 2. The molecule has 1 heterocycles. The second kappa shape index (κ2) is 22.6. The van der Waals surface area contributed by atoms with Crippen molar-refractivity contribution in [3.63, 3.8) is 0 Å². The number of carbonyl (C=O) groups is 2. The molecular formula is C46H37Cl2N6NaO8. The molecule has 0 saturated carbocycles.